The van der Waals surface area contributed by atoms with Gasteiger partial charge >= 0.3 is 0 Å². The molecule has 2 aliphatic rings. The SMILES string of the molecule is CCOCCO[C@H]1CNc2cc(Nc3ncc(C(N)=O)c(NC4CC4)n3)ccc2OC1. The van der Waals surface area contributed by atoms with E-state index >= 15 is 0 Å². The number of nitrogens with one attached hydrogen (secondary N) is 3. The average Bonchev–Trinajstić information content (AvgIpc) is 3.59. The number of ether oxygens (including phenoxy) is 3. The second kappa shape index (κ2) is 9.80. The fraction of sp³-hybridized carbons (Fsp3) is 0.476. The molecule has 1 aliphatic carbocycles. The molecule has 0 saturated heterocycles. The summed E-state index contributed by atoms with van der Waals surface area (Å²) in [6, 6.07) is 6.03. The summed E-state index contributed by atoms with van der Waals surface area (Å²) in [7, 11) is 0. The third kappa shape index (κ3) is 5.74. The number of benzene rings is 1. The predicted molar refractivity (Wildman–Crippen MR) is 117 cm³/mol. The van der Waals surface area contributed by atoms with Gasteiger partial charge < -0.3 is 35.9 Å². The van der Waals surface area contributed by atoms with Crippen molar-refractivity contribution in [2.24, 2.45) is 5.73 Å². The van der Waals surface area contributed by atoms with Crippen LogP contribution in [0.2, 0.25) is 0 Å². The Bertz CT molecular complexity index is 921. The number of aromatic nitrogens is 2. The lowest BCUT2D eigenvalue weighted by atomic mass is 10.2. The van der Waals surface area contributed by atoms with Crippen molar-refractivity contribution in [2.75, 3.05) is 48.9 Å². The van der Waals surface area contributed by atoms with Gasteiger partial charge in [-0.2, -0.15) is 4.98 Å². The minimum Gasteiger partial charge on any atom is -0.489 e. The summed E-state index contributed by atoms with van der Waals surface area (Å²) in [5.74, 6) is 1.03. The number of rotatable bonds is 10. The molecule has 10 nitrogen and oxygen atoms in total. The zero-order valence-electron chi connectivity index (χ0n) is 17.5. The van der Waals surface area contributed by atoms with Gasteiger partial charge in [-0.1, -0.05) is 0 Å². The molecular formula is C21H28N6O4. The highest BCUT2D eigenvalue weighted by Crippen LogP contribution is 2.31. The normalized spacial score (nSPS) is 17.6. The molecule has 10 heteroatoms. The van der Waals surface area contributed by atoms with Crippen molar-refractivity contribution in [3.8, 4) is 5.75 Å². The molecule has 0 unspecified atom stereocenters. The number of hydrogen-bond acceptors (Lipinski definition) is 9. The average molecular weight is 428 g/mol. The molecule has 2 heterocycles. The van der Waals surface area contributed by atoms with E-state index in [9.17, 15) is 4.79 Å². The van der Waals surface area contributed by atoms with Crippen LogP contribution < -0.4 is 26.4 Å². The number of anilines is 4. The molecule has 1 saturated carbocycles. The Hall–Kier alpha value is -3.11. The van der Waals surface area contributed by atoms with E-state index in [1.54, 1.807) is 0 Å². The molecule has 1 aromatic heterocycles. The molecule has 2 aromatic rings. The van der Waals surface area contributed by atoms with E-state index in [4.69, 9.17) is 19.9 Å². The molecule has 166 valence electrons. The van der Waals surface area contributed by atoms with E-state index in [0.29, 0.717) is 50.8 Å². The molecule has 5 N–H and O–H groups in total. The van der Waals surface area contributed by atoms with E-state index in [-0.39, 0.29) is 11.7 Å². The standard InChI is InChI=1S/C21H28N6O4/c1-2-29-7-8-30-15-10-23-17-9-14(5-6-18(17)31-12-15)26-21-24-11-16(19(22)28)20(27-21)25-13-3-4-13/h5-6,9,11,13,15,23H,2-4,7-8,10,12H2,1H3,(H2,22,28)(H2,24,25,26,27)/t15-/m0/s1. The molecular weight excluding hydrogens is 400 g/mol. The molecule has 0 radical (unpaired) electrons. The van der Waals surface area contributed by atoms with Crippen molar-refractivity contribution in [2.45, 2.75) is 31.9 Å². The fourth-order valence-electron chi connectivity index (χ4n) is 3.14. The van der Waals surface area contributed by atoms with Crippen molar-refractivity contribution in [1.29, 1.82) is 0 Å². The van der Waals surface area contributed by atoms with Gasteiger partial charge in [0.2, 0.25) is 5.95 Å². The minimum absolute atomic E-state index is 0.0648. The Kier molecular flexibility index (Phi) is 6.68. The summed E-state index contributed by atoms with van der Waals surface area (Å²) in [5.41, 5.74) is 7.36. The molecule has 1 aliphatic heterocycles. The Morgan fingerprint density at radius 3 is 3.00 bits per heavy atom. The van der Waals surface area contributed by atoms with Crippen LogP contribution >= 0.6 is 0 Å². The van der Waals surface area contributed by atoms with Gasteiger partial charge in [0.05, 0.1) is 24.5 Å². The highest BCUT2D eigenvalue weighted by molar-refractivity contribution is 5.97. The van der Waals surface area contributed by atoms with Crippen LogP contribution in [0, 0.1) is 0 Å². The smallest absolute Gasteiger partial charge is 0.254 e. The highest BCUT2D eigenvalue weighted by atomic mass is 16.6. The Balaban J connectivity index is 1.41. The third-order valence-corrected chi connectivity index (χ3v) is 4.94. The quantitative estimate of drug-likeness (QED) is 0.420. The molecule has 1 amide bonds. The number of carbonyl (C=O) groups is 1. The highest BCUT2D eigenvalue weighted by Gasteiger charge is 2.24. The van der Waals surface area contributed by atoms with Crippen LogP contribution in [-0.2, 0) is 9.47 Å². The van der Waals surface area contributed by atoms with Crippen LogP contribution in [0.25, 0.3) is 0 Å². The van der Waals surface area contributed by atoms with Crippen LogP contribution in [0.15, 0.2) is 24.4 Å². The third-order valence-electron chi connectivity index (χ3n) is 4.94. The van der Waals surface area contributed by atoms with Crippen LogP contribution in [0.1, 0.15) is 30.1 Å². The molecule has 1 fully saturated rings. The van der Waals surface area contributed by atoms with Gasteiger partial charge in [0.25, 0.3) is 5.91 Å². The van der Waals surface area contributed by atoms with Gasteiger partial charge in [0.1, 0.15) is 24.3 Å². The van der Waals surface area contributed by atoms with Gasteiger partial charge in [0, 0.05) is 31.1 Å². The van der Waals surface area contributed by atoms with E-state index in [1.807, 2.05) is 25.1 Å². The number of fused-ring (bicyclic) bond motifs is 1. The van der Waals surface area contributed by atoms with Crippen molar-refractivity contribution in [3.63, 3.8) is 0 Å². The predicted octanol–water partition coefficient (Wildman–Crippen LogP) is 2.12. The number of hydrogen-bond donors (Lipinski definition) is 4. The summed E-state index contributed by atoms with van der Waals surface area (Å²) in [6.07, 6.45) is 3.48. The Morgan fingerprint density at radius 2 is 2.23 bits per heavy atom. The van der Waals surface area contributed by atoms with Crippen molar-refractivity contribution < 1.29 is 19.0 Å². The van der Waals surface area contributed by atoms with Crippen LogP contribution in [0.3, 0.4) is 0 Å². The Labute approximate surface area is 180 Å². The van der Waals surface area contributed by atoms with E-state index in [2.05, 4.69) is 25.9 Å². The first-order valence-corrected chi connectivity index (χ1v) is 10.5. The molecule has 1 aromatic carbocycles. The van der Waals surface area contributed by atoms with Crippen LogP contribution in [0.4, 0.5) is 23.1 Å². The first-order chi connectivity index (χ1) is 15.1. The van der Waals surface area contributed by atoms with Crippen molar-refractivity contribution in [1.82, 2.24) is 9.97 Å². The zero-order valence-corrected chi connectivity index (χ0v) is 17.5. The lowest BCUT2D eigenvalue weighted by Crippen LogP contribution is -2.28. The van der Waals surface area contributed by atoms with Gasteiger partial charge in [-0.15, -0.1) is 0 Å². The second-order valence-electron chi connectivity index (χ2n) is 7.46. The number of nitrogens with zero attached hydrogens (tertiary/aromatic N) is 2. The number of nitrogens with two attached hydrogens (primary N) is 1. The first-order valence-electron chi connectivity index (χ1n) is 10.5. The lowest BCUT2D eigenvalue weighted by molar-refractivity contribution is -0.00434. The summed E-state index contributed by atoms with van der Waals surface area (Å²) in [5, 5.41) is 9.78. The fourth-order valence-corrected chi connectivity index (χ4v) is 3.14. The van der Waals surface area contributed by atoms with Gasteiger partial charge in [-0.25, -0.2) is 4.98 Å². The molecule has 0 bridgehead atoms. The number of amides is 1. The summed E-state index contributed by atoms with van der Waals surface area (Å²) in [4.78, 5) is 20.3. The number of primary amides is 1. The van der Waals surface area contributed by atoms with Gasteiger partial charge in [-0.3, -0.25) is 4.79 Å². The van der Waals surface area contributed by atoms with Crippen molar-refractivity contribution in [3.05, 3.63) is 30.0 Å². The molecule has 1 atom stereocenters. The zero-order chi connectivity index (χ0) is 21.6. The monoisotopic (exact) mass is 428 g/mol. The summed E-state index contributed by atoms with van der Waals surface area (Å²) >= 11 is 0. The molecule has 31 heavy (non-hydrogen) atoms. The van der Waals surface area contributed by atoms with E-state index in [1.165, 1.54) is 6.20 Å². The molecule has 4 rings (SSSR count). The van der Waals surface area contributed by atoms with Gasteiger partial charge in [0.15, 0.2) is 0 Å². The maximum Gasteiger partial charge on any atom is 0.254 e. The first kappa shape index (κ1) is 21.1. The summed E-state index contributed by atoms with van der Waals surface area (Å²) < 4.78 is 17.0. The van der Waals surface area contributed by atoms with Crippen LogP contribution in [-0.4, -0.2) is 61.0 Å². The summed E-state index contributed by atoms with van der Waals surface area (Å²) in [6.45, 7) is 4.83. The van der Waals surface area contributed by atoms with Gasteiger partial charge in [-0.05, 0) is 38.0 Å². The second-order valence-corrected chi connectivity index (χ2v) is 7.46. The largest absolute Gasteiger partial charge is 0.489 e. The maximum atomic E-state index is 11.7. The number of carbonyl (C=O) groups excluding carboxylic acids is 1. The van der Waals surface area contributed by atoms with E-state index in [0.717, 1.165) is 30.0 Å². The van der Waals surface area contributed by atoms with Crippen molar-refractivity contribution >= 4 is 29.0 Å². The van der Waals surface area contributed by atoms with Crippen LogP contribution in [0.5, 0.6) is 5.75 Å². The minimum atomic E-state index is -0.556. The lowest BCUT2D eigenvalue weighted by Gasteiger charge is -2.15. The Morgan fingerprint density at radius 1 is 1.35 bits per heavy atom. The topological polar surface area (TPSA) is 133 Å². The molecule has 0 spiro atoms. The maximum absolute atomic E-state index is 11.7. The van der Waals surface area contributed by atoms with E-state index < -0.39 is 5.91 Å².